The Morgan fingerprint density at radius 3 is 1.91 bits per heavy atom. The zero-order valence-corrected chi connectivity index (χ0v) is 11.2. The fourth-order valence-electron chi connectivity index (χ4n) is 0.864. The summed E-state index contributed by atoms with van der Waals surface area (Å²) in [4.78, 5) is 24.6. The molecule has 134 valence electrons. The zero-order chi connectivity index (χ0) is 18.5. The van der Waals surface area contributed by atoms with Gasteiger partial charge in [0, 0.05) is 6.42 Å². The van der Waals surface area contributed by atoms with Crippen molar-refractivity contribution in [1.82, 2.24) is 0 Å². The molecule has 0 fully saturated rings. The molecule has 0 rings (SSSR count). The first-order valence-corrected chi connectivity index (χ1v) is 5.63. The molecule has 0 heterocycles. The van der Waals surface area contributed by atoms with Crippen LogP contribution in [-0.2, 0) is 19.1 Å². The normalized spacial score (nSPS) is 13.7. The molecule has 0 aliphatic rings. The Morgan fingerprint density at radius 1 is 1.00 bits per heavy atom. The van der Waals surface area contributed by atoms with Crippen LogP contribution in [0.4, 0.5) is 35.1 Å². The van der Waals surface area contributed by atoms with Crippen LogP contribution in [0.5, 0.6) is 0 Å². The van der Waals surface area contributed by atoms with Crippen LogP contribution in [0.2, 0.25) is 0 Å². The van der Waals surface area contributed by atoms with Crippen LogP contribution < -0.4 is 0 Å². The van der Waals surface area contributed by atoms with E-state index in [0.29, 0.717) is 0 Å². The molecule has 0 aromatic rings. The lowest BCUT2D eigenvalue weighted by atomic mass is 10.3. The monoisotopic (exact) mass is 359 g/mol. The lowest BCUT2D eigenvalue weighted by Gasteiger charge is -2.17. The third-order valence-electron chi connectivity index (χ3n) is 1.91. The summed E-state index contributed by atoms with van der Waals surface area (Å²) < 4.78 is 103. The highest BCUT2D eigenvalue weighted by Crippen LogP contribution is 2.36. The minimum Gasteiger partial charge on any atom is -0.455 e. The predicted octanol–water partition coefficient (Wildman–Crippen LogP) is 2.64. The maximum Gasteiger partial charge on any atom is 0.465 e. The van der Waals surface area contributed by atoms with Crippen molar-refractivity contribution in [2.45, 2.75) is 31.6 Å². The van der Waals surface area contributed by atoms with Crippen molar-refractivity contribution in [3.05, 3.63) is 0 Å². The SMILES string of the molecule is CCC(=NCC(=O)OCC(F)(F)F)OC(=O)C(F)(F)C(F)(F)F. The van der Waals surface area contributed by atoms with Crippen LogP contribution in [0.15, 0.2) is 4.99 Å². The second-order valence-electron chi connectivity index (χ2n) is 3.80. The van der Waals surface area contributed by atoms with Crippen molar-refractivity contribution in [3.63, 3.8) is 0 Å². The van der Waals surface area contributed by atoms with Gasteiger partial charge in [-0.05, 0) is 0 Å². The van der Waals surface area contributed by atoms with Crippen molar-refractivity contribution in [2.75, 3.05) is 13.2 Å². The summed E-state index contributed by atoms with van der Waals surface area (Å²) in [7, 11) is 0. The first kappa shape index (κ1) is 21.0. The molecule has 0 N–H and O–H groups in total. The van der Waals surface area contributed by atoms with Crippen LogP contribution in [-0.4, -0.2) is 49.3 Å². The molecule has 0 aromatic heterocycles. The first-order valence-electron chi connectivity index (χ1n) is 5.63. The second-order valence-corrected chi connectivity index (χ2v) is 3.80. The quantitative estimate of drug-likeness (QED) is 0.328. The number of alkyl halides is 8. The number of rotatable bonds is 5. The number of esters is 2. The summed E-state index contributed by atoms with van der Waals surface area (Å²) in [6, 6.07) is 0. The third-order valence-corrected chi connectivity index (χ3v) is 1.91. The van der Waals surface area contributed by atoms with Gasteiger partial charge in [-0.3, -0.25) is 4.79 Å². The van der Waals surface area contributed by atoms with E-state index in [1.54, 1.807) is 0 Å². The minimum absolute atomic E-state index is 0.480. The van der Waals surface area contributed by atoms with E-state index in [-0.39, 0.29) is 0 Å². The van der Waals surface area contributed by atoms with E-state index in [0.717, 1.165) is 6.92 Å². The molecule has 23 heavy (non-hydrogen) atoms. The molecule has 0 aliphatic heterocycles. The Kier molecular flexibility index (Phi) is 6.91. The van der Waals surface area contributed by atoms with E-state index in [4.69, 9.17) is 0 Å². The highest BCUT2D eigenvalue weighted by molar-refractivity contribution is 5.93. The van der Waals surface area contributed by atoms with Gasteiger partial charge in [0.25, 0.3) is 0 Å². The van der Waals surface area contributed by atoms with E-state index in [1.165, 1.54) is 0 Å². The van der Waals surface area contributed by atoms with Crippen molar-refractivity contribution in [1.29, 1.82) is 0 Å². The zero-order valence-electron chi connectivity index (χ0n) is 11.2. The van der Waals surface area contributed by atoms with E-state index in [2.05, 4.69) is 14.5 Å². The minimum atomic E-state index is -6.20. The van der Waals surface area contributed by atoms with E-state index < -0.39 is 55.7 Å². The highest BCUT2D eigenvalue weighted by Gasteiger charge is 2.65. The summed E-state index contributed by atoms with van der Waals surface area (Å²) in [6.07, 6.45) is -11.5. The number of hydrogen-bond donors (Lipinski definition) is 0. The number of aliphatic imine (C=N–C) groups is 1. The predicted molar refractivity (Wildman–Crippen MR) is 56.7 cm³/mol. The van der Waals surface area contributed by atoms with Gasteiger partial charge < -0.3 is 9.47 Å². The average Bonchev–Trinajstić information content (AvgIpc) is 2.38. The Morgan fingerprint density at radius 2 is 1.52 bits per heavy atom. The van der Waals surface area contributed by atoms with E-state index in [1.807, 2.05) is 0 Å². The molecule has 0 bridgehead atoms. The maximum absolute atomic E-state index is 12.6. The molecular weight excluding hydrogens is 350 g/mol. The van der Waals surface area contributed by atoms with Gasteiger partial charge in [0.15, 0.2) is 12.5 Å². The number of carbonyl (C=O) groups excluding carboxylic acids is 2. The average molecular weight is 359 g/mol. The molecule has 0 aromatic carbocycles. The summed E-state index contributed by atoms with van der Waals surface area (Å²) in [6.45, 7) is -1.97. The number of carbonyl (C=O) groups is 2. The van der Waals surface area contributed by atoms with Gasteiger partial charge in [-0.2, -0.15) is 35.1 Å². The van der Waals surface area contributed by atoms with Gasteiger partial charge in [-0.25, -0.2) is 9.79 Å². The summed E-state index contributed by atoms with van der Waals surface area (Å²) >= 11 is 0. The van der Waals surface area contributed by atoms with Crippen molar-refractivity contribution in [3.8, 4) is 0 Å². The highest BCUT2D eigenvalue weighted by atomic mass is 19.4. The van der Waals surface area contributed by atoms with Crippen LogP contribution >= 0.6 is 0 Å². The summed E-state index contributed by atoms with van der Waals surface area (Å²) in [5.41, 5.74) is 0. The molecule has 0 atom stereocenters. The molecule has 0 spiro atoms. The van der Waals surface area contributed by atoms with Gasteiger partial charge in [0.1, 0.15) is 6.54 Å². The largest absolute Gasteiger partial charge is 0.465 e. The van der Waals surface area contributed by atoms with E-state index in [9.17, 15) is 44.7 Å². The van der Waals surface area contributed by atoms with Gasteiger partial charge in [0.05, 0.1) is 0 Å². The molecule has 0 saturated heterocycles. The van der Waals surface area contributed by atoms with Gasteiger partial charge >= 0.3 is 30.2 Å². The maximum atomic E-state index is 12.6. The first-order chi connectivity index (χ1) is 10.2. The Labute approximate surface area is 123 Å². The van der Waals surface area contributed by atoms with Crippen molar-refractivity contribution < 1.29 is 54.2 Å². The number of hydrogen-bond acceptors (Lipinski definition) is 5. The molecule has 0 aliphatic carbocycles. The number of halogens is 8. The van der Waals surface area contributed by atoms with Crippen LogP contribution in [0.1, 0.15) is 13.3 Å². The second kappa shape index (κ2) is 7.55. The van der Waals surface area contributed by atoms with Crippen LogP contribution in [0.3, 0.4) is 0 Å². The summed E-state index contributed by atoms with van der Waals surface area (Å²) in [5.74, 6) is -11.3. The lowest BCUT2D eigenvalue weighted by Crippen LogP contribution is -2.45. The van der Waals surface area contributed by atoms with Gasteiger partial charge in [-0.15, -0.1) is 0 Å². The van der Waals surface area contributed by atoms with Crippen LogP contribution in [0.25, 0.3) is 0 Å². The molecule has 13 heteroatoms. The van der Waals surface area contributed by atoms with Crippen molar-refractivity contribution >= 4 is 17.8 Å². The third kappa shape index (κ3) is 7.23. The fourth-order valence-corrected chi connectivity index (χ4v) is 0.864. The van der Waals surface area contributed by atoms with Gasteiger partial charge in [-0.1, -0.05) is 6.92 Å². The van der Waals surface area contributed by atoms with Gasteiger partial charge in [0.2, 0.25) is 0 Å². The van der Waals surface area contributed by atoms with Crippen LogP contribution in [0, 0.1) is 0 Å². The van der Waals surface area contributed by atoms with Crippen molar-refractivity contribution in [2.24, 2.45) is 4.99 Å². The fraction of sp³-hybridized carbons (Fsp3) is 0.700. The Hall–Kier alpha value is -1.95. The molecule has 5 nitrogen and oxygen atoms in total. The summed E-state index contributed by atoms with van der Waals surface area (Å²) in [5, 5.41) is 0. The molecule has 0 radical (unpaired) electrons. The lowest BCUT2D eigenvalue weighted by molar-refractivity contribution is -0.277. The molecule has 0 amide bonds. The standard InChI is InChI=1S/C10H9F8NO4/c1-2-5(19-3-6(20)22-4-8(11,12)13)23-7(21)9(14,15)10(16,17)18/h2-4H2,1H3. The number of ether oxygens (including phenoxy) is 2. The topological polar surface area (TPSA) is 65.0 Å². The molecule has 0 unspecified atom stereocenters. The molecule has 0 saturated carbocycles. The Bertz CT molecular complexity index is 468. The molecular formula is C10H9F8NO4. The number of nitrogens with zero attached hydrogens (tertiary/aromatic N) is 1. The smallest absolute Gasteiger partial charge is 0.455 e. The van der Waals surface area contributed by atoms with E-state index >= 15 is 0 Å². The Balaban J connectivity index is 4.72.